The summed E-state index contributed by atoms with van der Waals surface area (Å²) in [5.41, 5.74) is 2.37. The van der Waals surface area contributed by atoms with Crippen molar-refractivity contribution in [2.45, 2.75) is 136 Å². The predicted molar refractivity (Wildman–Crippen MR) is 181 cm³/mol. The Morgan fingerprint density at radius 2 is 1.76 bits per heavy atom. The van der Waals surface area contributed by atoms with Gasteiger partial charge in [-0.3, -0.25) is 0 Å². The lowest BCUT2D eigenvalue weighted by Crippen LogP contribution is -2.52. The maximum absolute atomic E-state index is 11.8. The van der Waals surface area contributed by atoms with Gasteiger partial charge in [0.2, 0.25) is 8.32 Å². The maximum Gasteiger partial charge on any atom is 0.249 e. The molecule has 4 aliphatic carbocycles. The Labute approximate surface area is 264 Å². The van der Waals surface area contributed by atoms with E-state index in [4.69, 9.17) is 13.9 Å². The average Bonchev–Trinajstić information content (AvgIpc) is 3.29. The van der Waals surface area contributed by atoms with Crippen LogP contribution in [-0.2, 0) is 13.9 Å². The standard InChI is InChI=1S/C36H64O4SSi/c1-23(33(39-9)32(37)24(2)31(41-10)22-40-42(11,12)34(3,4)5)28-15-16-29-27-14-13-25-21-26(38-8)17-19-35(25,6)30(27)18-20-36(28,29)7/h13,22-24,26-30,32-33,37H,14-21H2,1-12H3/b31-22-/t23-,24-,26-,27-,28+,29-,30-,32+,33+,35-,36+/m0/s1. The summed E-state index contributed by atoms with van der Waals surface area (Å²) in [5.74, 6) is 3.19. The molecular weight excluding hydrogens is 557 g/mol. The average molecular weight is 621 g/mol. The Morgan fingerprint density at radius 3 is 2.36 bits per heavy atom. The van der Waals surface area contributed by atoms with Crippen molar-refractivity contribution < 1.29 is 19.0 Å². The molecule has 0 radical (unpaired) electrons. The first kappa shape index (κ1) is 34.6. The van der Waals surface area contributed by atoms with Crippen molar-refractivity contribution in [2.75, 3.05) is 20.5 Å². The number of methoxy groups -OCH3 is 2. The second-order valence-electron chi connectivity index (χ2n) is 16.5. The Bertz CT molecular complexity index is 1000. The fraction of sp³-hybridized carbons (Fsp3) is 0.889. The van der Waals surface area contributed by atoms with Gasteiger partial charge in [0.15, 0.2) is 0 Å². The summed E-state index contributed by atoms with van der Waals surface area (Å²) in [7, 11) is 1.77. The highest BCUT2D eigenvalue weighted by Crippen LogP contribution is 2.67. The number of fused-ring (bicyclic) bond motifs is 5. The Balaban J connectivity index is 1.50. The molecule has 0 aliphatic heterocycles. The van der Waals surface area contributed by atoms with Gasteiger partial charge in [-0.2, -0.15) is 0 Å². The van der Waals surface area contributed by atoms with Crippen LogP contribution in [0.3, 0.4) is 0 Å². The lowest BCUT2D eigenvalue weighted by atomic mass is 9.47. The third-order valence-electron chi connectivity index (χ3n) is 13.7. The summed E-state index contributed by atoms with van der Waals surface area (Å²) < 4.78 is 18.5. The molecule has 242 valence electrons. The zero-order valence-corrected chi connectivity index (χ0v) is 30.9. The van der Waals surface area contributed by atoms with Crippen molar-refractivity contribution in [1.82, 2.24) is 0 Å². The van der Waals surface area contributed by atoms with Crippen molar-refractivity contribution in [3.05, 3.63) is 22.8 Å². The van der Waals surface area contributed by atoms with Gasteiger partial charge in [-0.25, -0.2) is 0 Å². The zero-order valence-electron chi connectivity index (χ0n) is 29.1. The number of thioether (sulfide) groups is 1. The molecule has 11 atom stereocenters. The molecule has 0 amide bonds. The van der Waals surface area contributed by atoms with Crippen molar-refractivity contribution in [2.24, 2.45) is 46.3 Å². The molecule has 0 aromatic rings. The zero-order chi connectivity index (χ0) is 31.3. The predicted octanol–water partition coefficient (Wildman–Crippen LogP) is 9.45. The fourth-order valence-corrected chi connectivity index (χ4v) is 11.3. The lowest BCUT2D eigenvalue weighted by molar-refractivity contribution is -0.103. The van der Waals surface area contributed by atoms with E-state index in [0.29, 0.717) is 28.8 Å². The SMILES string of the molecule is CO[C@H]1CC[C@@]2(C)C(=CC[C@H]3[C@@H]4CC[C@H]([C@H](C)[C@@H](OC)[C@H](O)[C@@H](C)/C(=C/O[Si](C)(C)C(C)(C)C)SC)[C@@]4(C)CC[C@@H]32)C1. The highest BCUT2D eigenvalue weighted by Gasteiger charge is 2.60. The second-order valence-corrected chi connectivity index (χ2v) is 22.2. The second kappa shape index (κ2) is 12.8. The summed E-state index contributed by atoms with van der Waals surface area (Å²) >= 11 is 1.70. The molecule has 6 heteroatoms. The monoisotopic (exact) mass is 620 g/mol. The minimum absolute atomic E-state index is 0.0398. The van der Waals surface area contributed by atoms with E-state index in [1.165, 1.54) is 44.9 Å². The maximum atomic E-state index is 11.8. The third kappa shape index (κ3) is 6.11. The highest BCUT2D eigenvalue weighted by atomic mass is 32.2. The molecule has 4 aliphatic rings. The molecule has 0 spiro atoms. The molecule has 0 saturated heterocycles. The molecule has 0 aromatic heterocycles. The number of ether oxygens (including phenoxy) is 2. The highest BCUT2D eigenvalue weighted by molar-refractivity contribution is 8.02. The number of rotatable bonds is 10. The smallest absolute Gasteiger partial charge is 0.249 e. The van der Waals surface area contributed by atoms with Crippen LogP contribution < -0.4 is 0 Å². The van der Waals surface area contributed by atoms with E-state index in [1.54, 1.807) is 17.3 Å². The minimum Gasteiger partial charge on any atom is -0.548 e. The largest absolute Gasteiger partial charge is 0.548 e. The molecule has 0 aromatic carbocycles. The van der Waals surface area contributed by atoms with Gasteiger partial charge in [0, 0.05) is 25.0 Å². The molecule has 3 fully saturated rings. The molecule has 0 bridgehead atoms. The summed E-state index contributed by atoms with van der Waals surface area (Å²) in [6.07, 6.45) is 16.4. The van der Waals surface area contributed by atoms with Crippen LogP contribution in [0.5, 0.6) is 0 Å². The van der Waals surface area contributed by atoms with Gasteiger partial charge in [0.1, 0.15) is 0 Å². The van der Waals surface area contributed by atoms with Crippen LogP contribution >= 0.6 is 11.8 Å². The van der Waals surface area contributed by atoms with Crippen molar-refractivity contribution in [3.8, 4) is 0 Å². The van der Waals surface area contributed by atoms with E-state index in [1.807, 2.05) is 20.5 Å². The molecule has 0 heterocycles. The quantitative estimate of drug-likeness (QED) is 0.150. The summed E-state index contributed by atoms with van der Waals surface area (Å²) in [6.45, 7) is 21.1. The van der Waals surface area contributed by atoms with Gasteiger partial charge in [0.25, 0.3) is 0 Å². The summed E-state index contributed by atoms with van der Waals surface area (Å²) in [4.78, 5) is 1.11. The molecule has 4 rings (SSSR count). The fourth-order valence-electron chi connectivity index (χ4n) is 9.80. The number of allylic oxidation sites excluding steroid dienone is 1. The first-order valence-corrected chi connectivity index (χ1v) is 21.0. The summed E-state index contributed by atoms with van der Waals surface area (Å²) in [5, 5.41) is 12.0. The third-order valence-corrected chi connectivity index (χ3v) is 19.0. The number of hydrogen-bond donors (Lipinski definition) is 1. The normalized spacial score (nSPS) is 38.5. The van der Waals surface area contributed by atoms with Gasteiger partial charge in [-0.05, 0) is 116 Å². The van der Waals surface area contributed by atoms with Crippen molar-refractivity contribution >= 4 is 20.1 Å². The topological polar surface area (TPSA) is 47.9 Å². The van der Waals surface area contributed by atoms with Gasteiger partial charge >= 0.3 is 0 Å². The van der Waals surface area contributed by atoms with E-state index >= 15 is 0 Å². The molecule has 1 N–H and O–H groups in total. The molecule has 3 saturated carbocycles. The molecule has 42 heavy (non-hydrogen) atoms. The van der Waals surface area contributed by atoms with Crippen LogP contribution in [0.2, 0.25) is 18.1 Å². The van der Waals surface area contributed by atoms with Crippen LogP contribution in [0.4, 0.5) is 0 Å². The molecular formula is C36H64O4SSi. The summed E-state index contributed by atoms with van der Waals surface area (Å²) in [6, 6.07) is 0. The molecule has 4 nitrogen and oxygen atoms in total. The Hall–Kier alpha value is -0.273. The Kier molecular flexibility index (Phi) is 10.6. The van der Waals surface area contributed by atoms with E-state index in [2.05, 4.69) is 73.9 Å². The van der Waals surface area contributed by atoms with Gasteiger partial charge in [0.05, 0.1) is 24.6 Å². The molecule has 0 unspecified atom stereocenters. The van der Waals surface area contributed by atoms with Gasteiger partial charge in [-0.1, -0.05) is 60.1 Å². The van der Waals surface area contributed by atoms with Crippen LogP contribution in [0.1, 0.15) is 99.8 Å². The van der Waals surface area contributed by atoms with Gasteiger partial charge in [-0.15, -0.1) is 11.8 Å². The minimum atomic E-state index is -1.92. The van der Waals surface area contributed by atoms with E-state index < -0.39 is 14.4 Å². The van der Waals surface area contributed by atoms with Crippen LogP contribution in [-0.4, -0.2) is 52.2 Å². The van der Waals surface area contributed by atoms with Crippen LogP contribution in [0, 0.1) is 46.3 Å². The number of aliphatic hydroxyl groups excluding tert-OH is 1. The lowest BCUT2D eigenvalue weighted by Gasteiger charge is -2.58. The number of aliphatic hydroxyl groups is 1. The Morgan fingerprint density at radius 1 is 1.07 bits per heavy atom. The first-order chi connectivity index (χ1) is 19.6. The van der Waals surface area contributed by atoms with E-state index in [0.717, 1.165) is 29.1 Å². The van der Waals surface area contributed by atoms with Crippen molar-refractivity contribution in [1.29, 1.82) is 0 Å². The van der Waals surface area contributed by atoms with Crippen LogP contribution in [0.25, 0.3) is 0 Å². The van der Waals surface area contributed by atoms with Crippen molar-refractivity contribution in [3.63, 3.8) is 0 Å². The van der Waals surface area contributed by atoms with Crippen LogP contribution in [0.15, 0.2) is 22.8 Å². The first-order valence-electron chi connectivity index (χ1n) is 16.9. The van der Waals surface area contributed by atoms with E-state index in [-0.39, 0.29) is 17.1 Å². The van der Waals surface area contributed by atoms with Gasteiger partial charge < -0.3 is 19.0 Å². The number of hydrogen-bond acceptors (Lipinski definition) is 5. The van der Waals surface area contributed by atoms with E-state index in [9.17, 15) is 5.11 Å².